The van der Waals surface area contributed by atoms with Gasteiger partial charge in [-0.1, -0.05) is 66.2 Å². The average molecular weight is 237 g/mol. The first-order chi connectivity index (χ1) is 6.35. The van der Waals surface area contributed by atoms with Gasteiger partial charge in [-0.25, -0.2) is 0 Å². The molecule has 0 radical (unpaired) electrons. The first-order valence-electron chi connectivity index (χ1n) is 4.35. The minimum atomic E-state index is 0.0278. The molecule has 0 saturated carbocycles. The van der Waals surface area contributed by atoms with E-state index in [0.29, 0.717) is 0 Å². The van der Waals surface area contributed by atoms with Gasteiger partial charge in [0.05, 0.1) is 7.29 Å². The van der Waals surface area contributed by atoms with Crippen molar-refractivity contribution in [3.05, 3.63) is 35.9 Å². The molecule has 1 rings (SSSR count). The Bertz CT molecular complexity index is 189. The van der Waals surface area contributed by atoms with Gasteiger partial charge in [-0.3, -0.25) is 0 Å². The Morgan fingerprint density at radius 1 is 1.15 bits per heavy atom. The third-order valence-corrected chi connectivity index (χ3v) is 1.66. The summed E-state index contributed by atoms with van der Waals surface area (Å²) >= 11 is 9.58. The van der Waals surface area contributed by atoms with E-state index in [9.17, 15) is 0 Å². The van der Waals surface area contributed by atoms with Crippen molar-refractivity contribution >= 4 is 29.8 Å². The number of benzene rings is 1. The quantitative estimate of drug-likeness (QED) is 0.648. The number of unbranched alkanes of at least 4 members (excludes halogenated alkanes) is 1. The summed E-state index contributed by atoms with van der Waals surface area (Å²) in [4.78, 5) is 0. The zero-order valence-corrected chi connectivity index (χ0v) is 10.3. The molecule has 74 valence electrons. The molecule has 0 aliphatic heterocycles. The molecule has 0 spiro atoms. The van der Waals surface area contributed by atoms with Crippen LogP contribution in [0, 0.1) is 0 Å². The predicted octanol–water partition coefficient (Wildman–Crippen LogP) is 5.00. The van der Waals surface area contributed by atoms with Gasteiger partial charge in [-0.2, -0.15) is 0 Å². The summed E-state index contributed by atoms with van der Waals surface area (Å²) in [5, 5.41) is 0. The molecule has 0 saturated heterocycles. The number of hydrogen-bond acceptors (Lipinski definition) is 0. The van der Waals surface area contributed by atoms with Crippen molar-refractivity contribution in [3.63, 3.8) is 0 Å². The van der Waals surface area contributed by atoms with Gasteiger partial charge < -0.3 is 0 Å². The van der Waals surface area contributed by atoms with E-state index in [2.05, 4.69) is 37.3 Å². The fourth-order valence-corrected chi connectivity index (χ4v) is 1.03. The van der Waals surface area contributed by atoms with Gasteiger partial charge >= 0.3 is 0 Å². The predicted molar refractivity (Wildman–Crippen MR) is 65.1 cm³/mol. The van der Waals surface area contributed by atoms with Crippen molar-refractivity contribution in [3.8, 4) is 0 Å². The van der Waals surface area contributed by atoms with Crippen LogP contribution in [0.5, 0.6) is 0 Å². The van der Waals surface area contributed by atoms with Crippen LogP contribution in [0.3, 0.4) is 0 Å². The van der Waals surface area contributed by atoms with E-state index in [4.69, 9.17) is 22.5 Å². The van der Waals surface area contributed by atoms with Crippen molar-refractivity contribution in [2.24, 2.45) is 0 Å². The summed E-state index contributed by atoms with van der Waals surface area (Å²) in [5.41, 5.74) is 1.46. The van der Waals surface area contributed by atoms with E-state index in [-0.39, 0.29) is 7.29 Å². The zero-order chi connectivity index (χ0) is 9.94. The van der Waals surface area contributed by atoms with Crippen LogP contribution in [0.15, 0.2) is 30.3 Å². The van der Waals surface area contributed by atoms with Crippen molar-refractivity contribution in [1.29, 1.82) is 0 Å². The molecule has 0 amide bonds. The molecule has 0 N–H and O–H groups in total. The standard InChI is InChI=1S/C10H14.Cl2HP/c1-2-3-7-10-8-5-4-6-9-10;1-3-2/h4-6,8-9H,2-3,7H2,1H3;3H. The Kier molecular flexibility index (Phi) is 10.5. The first-order valence-corrected chi connectivity index (χ1v) is 7.37. The topological polar surface area (TPSA) is 0 Å². The maximum Gasteiger partial charge on any atom is 0.0713 e. The summed E-state index contributed by atoms with van der Waals surface area (Å²) in [6.45, 7) is 2.23. The van der Waals surface area contributed by atoms with Gasteiger partial charge in [0.25, 0.3) is 0 Å². The Morgan fingerprint density at radius 2 is 1.69 bits per heavy atom. The Hall–Kier alpha value is 0.230. The number of aryl methyl sites for hydroxylation is 1. The largest absolute Gasteiger partial charge is 0.0818 e. The van der Waals surface area contributed by atoms with Gasteiger partial charge in [-0.15, -0.1) is 0 Å². The Morgan fingerprint density at radius 3 is 2.15 bits per heavy atom. The lowest BCUT2D eigenvalue weighted by Gasteiger charge is -1.96. The fraction of sp³-hybridized carbons (Fsp3) is 0.400. The van der Waals surface area contributed by atoms with Crippen LogP contribution in [0.4, 0.5) is 0 Å². The molecule has 0 atom stereocenters. The van der Waals surface area contributed by atoms with Crippen molar-refractivity contribution < 1.29 is 0 Å². The van der Waals surface area contributed by atoms with Crippen LogP contribution in [0.2, 0.25) is 0 Å². The van der Waals surface area contributed by atoms with Gasteiger partial charge in [-0.05, 0) is 18.4 Å². The van der Waals surface area contributed by atoms with Crippen LogP contribution in [-0.2, 0) is 6.42 Å². The van der Waals surface area contributed by atoms with Gasteiger partial charge in [0.1, 0.15) is 0 Å². The maximum atomic E-state index is 4.79. The molecule has 1 aromatic carbocycles. The molecule has 0 aliphatic carbocycles. The van der Waals surface area contributed by atoms with E-state index in [0.717, 1.165) is 0 Å². The summed E-state index contributed by atoms with van der Waals surface area (Å²) in [6.07, 6.45) is 3.83. The molecular weight excluding hydrogens is 222 g/mol. The highest BCUT2D eigenvalue weighted by Crippen LogP contribution is 2.19. The number of halogens is 2. The summed E-state index contributed by atoms with van der Waals surface area (Å²) < 4.78 is 0. The second-order valence-electron chi connectivity index (χ2n) is 2.66. The van der Waals surface area contributed by atoms with Crippen LogP contribution >= 0.6 is 29.8 Å². The monoisotopic (exact) mass is 236 g/mol. The van der Waals surface area contributed by atoms with Crippen LogP contribution in [0.25, 0.3) is 0 Å². The van der Waals surface area contributed by atoms with E-state index in [1.807, 2.05) is 0 Å². The van der Waals surface area contributed by atoms with E-state index in [1.54, 1.807) is 0 Å². The highest BCUT2D eigenvalue weighted by atomic mass is 35.9. The van der Waals surface area contributed by atoms with Gasteiger partial charge in [0.15, 0.2) is 0 Å². The van der Waals surface area contributed by atoms with E-state index in [1.165, 1.54) is 24.8 Å². The third-order valence-electron chi connectivity index (χ3n) is 1.66. The molecule has 13 heavy (non-hydrogen) atoms. The lowest BCUT2D eigenvalue weighted by Crippen LogP contribution is -1.81. The van der Waals surface area contributed by atoms with Crippen molar-refractivity contribution in [2.75, 3.05) is 0 Å². The normalized spacial score (nSPS) is 8.85. The molecule has 0 unspecified atom stereocenters. The number of hydrogen-bond donors (Lipinski definition) is 0. The molecule has 0 bridgehead atoms. The van der Waals surface area contributed by atoms with Crippen molar-refractivity contribution in [1.82, 2.24) is 0 Å². The minimum absolute atomic E-state index is 0.0278. The maximum absolute atomic E-state index is 4.79. The molecule has 0 nitrogen and oxygen atoms in total. The summed E-state index contributed by atoms with van der Waals surface area (Å²) in [7, 11) is 0.0278. The van der Waals surface area contributed by atoms with Crippen LogP contribution in [-0.4, -0.2) is 0 Å². The first kappa shape index (κ1) is 13.2. The smallest absolute Gasteiger partial charge is 0.0713 e. The SMILES string of the molecule is CCCCc1ccccc1.ClPCl. The molecule has 0 aromatic heterocycles. The van der Waals surface area contributed by atoms with E-state index < -0.39 is 0 Å². The number of rotatable bonds is 3. The van der Waals surface area contributed by atoms with Crippen LogP contribution in [0.1, 0.15) is 25.3 Å². The van der Waals surface area contributed by atoms with Crippen molar-refractivity contribution in [2.45, 2.75) is 26.2 Å². The van der Waals surface area contributed by atoms with Gasteiger partial charge in [0.2, 0.25) is 0 Å². The van der Waals surface area contributed by atoms with E-state index >= 15 is 0 Å². The molecule has 1 aromatic rings. The second-order valence-corrected chi connectivity index (χ2v) is 4.52. The average Bonchev–Trinajstić information content (AvgIpc) is 2.18. The summed E-state index contributed by atoms with van der Waals surface area (Å²) in [6, 6.07) is 10.6. The second kappa shape index (κ2) is 10.3. The minimum Gasteiger partial charge on any atom is -0.0818 e. The molecule has 0 fully saturated rings. The Balaban J connectivity index is 0.000000424. The lowest BCUT2D eigenvalue weighted by atomic mass is 10.1. The third kappa shape index (κ3) is 8.56. The highest BCUT2D eigenvalue weighted by Gasteiger charge is 1.87. The molecule has 0 heterocycles. The molecular formula is C10H15Cl2P. The highest BCUT2D eigenvalue weighted by molar-refractivity contribution is 7.90. The zero-order valence-electron chi connectivity index (χ0n) is 7.76. The summed E-state index contributed by atoms with van der Waals surface area (Å²) in [5.74, 6) is 0. The van der Waals surface area contributed by atoms with Gasteiger partial charge in [0, 0.05) is 0 Å². The Labute approximate surface area is 92.0 Å². The van der Waals surface area contributed by atoms with Crippen LogP contribution < -0.4 is 0 Å². The molecule has 0 aliphatic rings. The molecule has 3 heteroatoms. The lowest BCUT2D eigenvalue weighted by molar-refractivity contribution is 0.795. The fourth-order valence-electron chi connectivity index (χ4n) is 1.03.